The van der Waals surface area contributed by atoms with Crippen LogP contribution in [0.2, 0.25) is 0 Å². The van der Waals surface area contributed by atoms with Crippen LogP contribution in [-0.2, 0) is 9.53 Å². The highest BCUT2D eigenvalue weighted by Gasteiger charge is 2.33. The summed E-state index contributed by atoms with van der Waals surface area (Å²) in [5.41, 5.74) is 2.56. The van der Waals surface area contributed by atoms with Gasteiger partial charge in [-0.25, -0.2) is 9.59 Å². The fraction of sp³-hybridized carbons (Fsp3) is 0.417. The first-order chi connectivity index (χ1) is 14.5. The van der Waals surface area contributed by atoms with E-state index in [4.69, 9.17) is 4.74 Å². The van der Waals surface area contributed by atoms with Crippen molar-refractivity contribution in [3.8, 4) is 0 Å². The summed E-state index contributed by atoms with van der Waals surface area (Å²) in [4.78, 5) is 28.0. The molecule has 30 heavy (non-hydrogen) atoms. The number of piperazine rings is 1. The molecular formula is C24H32N3O3+. The molecule has 6 nitrogen and oxygen atoms in total. The molecular weight excluding hydrogens is 378 g/mol. The van der Waals surface area contributed by atoms with E-state index in [-0.39, 0.29) is 18.0 Å². The quantitative estimate of drug-likeness (QED) is 0.715. The average molecular weight is 411 g/mol. The number of methoxy groups -OCH3 is 1. The van der Waals surface area contributed by atoms with Gasteiger partial charge in [-0.2, -0.15) is 0 Å². The number of amides is 2. The lowest BCUT2D eigenvalue weighted by Crippen LogP contribution is -3.15. The molecule has 1 heterocycles. The first-order valence-corrected chi connectivity index (χ1v) is 10.6. The molecule has 0 radical (unpaired) electrons. The summed E-state index contributed by atoms with van der Waals surface area (Å²) in [6, 6.07) is 20.5. The van der Waals surface area contributed by atoms with Crippen LogP contribution >= 0.6 is 0 Å². The van der Waals surface area contributed by atoms with Crippen LogP contribution in [0.15, 0.2) is 60.7 Å². The average Bonchev–Trinajstić information content (AvgIpc) is 2.78. The summed E-state index contributed by atoms with van der Waals surface area (Å²) in [5.74, 6) is -0.440. The van der Waals surface area contributed by atoms with Crippen LogP contribution in [0.25, 0.3) is 0 Å². The van der Waals surface area contributed by atoms with E-state index in [9.17, 15) is 9.59 Å². The molecule has 1 aliphatic heterocycles. The summed E-state index contributed by atoms with van der Waals surface area (Å²) >= 11 is 0. The van der Waals surface area contributed by atoms with Crippen molar-refractivity contribution < 1.29 is 19.2 Å². The Morgan fingerprint density at radius 3 is 1.87 bits per heavy atom. The van der Waals surface area contributed by atoms with Gasteiger partial charge in [0.15, 0.2) is 0 Å². The minimum Gasteiger partial charge on any atom is -0.467 e. The largest absolute Gasteiger partial charge is 0.467 e. The zero-order valence-corrected chi connectivity index (χ0v) is 18.0. The number of quaternary nitrogens is 1. The lowest BCUT2D eigenvalue weighted by Gasteiger charge is -2.37. The van der Waals surface area contributed by atoms with Crippen molar-refractivity contribution in [2.75, 3.05) is 33.3 Å². The Labute approximate surface area is 178 Å². The first kappa shape index (κ1) is 21.8. The molecule has 0 saturated carbocycles. The van der Waals surface area contributed by atoms with Crippen molar-refractivity contribution in [3.63, 3.8) is 0 Å². The van der Waals surface area contributed by atoms with Crippen molar-refractivity contribution in [2.24, 2.45) is 5.92 Å². The number of esters is 1. The maximum atomic E-state index is 12.7. The second kappa shape index (κ2) is 10.3. The van der Waals surface area contributed by atoms with Gasteiger partial charge in [-0.15, -0.1) is 0 Å². The summed E-state index contributed by atoms with van der Waals surface area (Å²) in [6.45, 7) is 6.76. The van der Waals surface area contributed by atoms with Gasteiger partial charge in [0.1, 0.15) is 12.1 Å². The number of carbonyl (C=O) groups excluding carboxylic acids is 2. The Morgan fingerprint density at radius 1 is 0.933 bits per heavy atom. The predicted molar refractivity (Wildman–Crippen MR) is 116 cm³/mol. The van der Waals surface area contributed by atoms with Gasteiger partial charge in [-0.3, -0.25) is 0 Å². The zero-order valence-electron chi connectivity index (χ0n) is 18.0. The van der Waals surface area contributed by atoms with Crippen LogP contribution in [0.5, 0.6) is 0 Å². The predicted octanol–water partition coefficient (Wildman–Crippen LogP) is 1.88. The van der Waals surface area contributed by atoms with E-state index >= 15 is 0 Å². The molecule has 0 aromatic heterocycles. The maximum absolute atomic E-state index is 12.7. The molecule has 1 aliphatic rings. The Morgan fingerprint density at radius 2 is 1.43 bits per heavy atom. The summed E-state index contributed by atoms with van der Waals surface area (Å²) in [7, 11) is 1.35. The molecule has 1 saturated heterocycles. The van der Waals surface area contributed by atoms with E-state index in [0.717, 1.165) is 13.1 Å². The van der Waals surface area contributed by atoms with E-state index < -0.39 is 12.0 Å². The van der Waals surface area contributed by atoms with E-state index in [1.54, 1.807) is 4.90 Å². The number of urea groups is 1. The molecule has 6 heteroatoms. The van der Waals surface area contributed by atoms with Gasteiger partial charge in [-0.1, -0.05) is 74.5 Å². The highest BCUT2D eigenvalue weighted by molar-refractivity contribution is 5.83. The number of hydrogen-bond acceptors (Lipinski definition) is 3. The van der Waals surface area contributed by atoms with Gasteiger partial charge in [0.25, 0.3) is 0 Å². The molecule has 1 atom stereocenters. The van der Waals surface area contributed by atoms with Crippen LogP contribution in [0, 0.1) is 5.92 Å². The number of rotatable bonds is 6. The third-order valence-electron chi connectivity index (χ3n) is 5.77. The molecule has 0 aliphatic carbocycles. The SMILES string of the molecule is COC(=O)[C@@H](NC(=O)N1CC[NH+](C(c2ccccc2)c2ccccc2)CC1)C(C)C. The number of carbonyl (C=O) groups is 2. The van der Waals surface area contributed by atoms with E-state index in [1.165, 1.54) is 23.1 Å². The molecule has 3 rings (SSSR count). The van der Waals surface area contributed by atoms with Gasteiger partial charge in [0.05, 0.1) is 33.3 Å². The second-order valence-electron chi connectivity index (χ2n) is 8.09. The molecule has 2 amide bonds. The minimum atomic E-state index is -0.630. The van der Waals surface area contributed by atoms with Crippen LogP contribution < -0.4 is 10.2 Å². The number of ether oxygens (including phenoxy) is 1. The van der Waals surface area contributed by atoms with E-state index in [0.29, 0.717) is 13.1 Å². The molecule has 160 valence electrons. The number of nitrogens with zero attached hydrogens (tertiary/aromatic N) is 1. The molecule has 1 fully saturated rings. The zero-order chi connectivity index (χ0) is 21.5. The Bertz CT molecular complexity index is 779. The maximum Gasteiger partial charge on any atom is 0.328 e. The van der Waals surface area contributed by atoms with Gasteiger partial charge in [0.2, 0.25) is 0 Å². The topological polar surface area (TPSA) is 63.1 Å². The Kier molecular flexibility index (Phi) is 7.46. The van der Waals surface area contributed by atoms with Crippen LogP contribution in [0.4, 0.5) is 4.79 Å². The fourth-order valence-corrected chi connectivity index (χ4v) is 4.09. The van der Waals surface area contributed by atoms with Crippen LogP contribution in [0.3, 0.4) is 0 Å². The highest BCUT2D eigenvalue weighted by atomic mass is 16.5. The van der Waals surface area contributed by atoms with Crippen molar-refractivity contribution in [2.45, 2.75) is 25.9 Å². The minimum absolute atomic E-state index is 0.0335. The number of nitrogens with one attached hydrogen (secondary N) is 2. The smallest absolute Gasteiger partial charge is 0.328 e. The molecule has 0 bridgehead atoms. The van der Waals surface area contributed by atoms with Crippen LogP contribution in [-0.4, -0.2) is 56.2 Å². The summed E-state index contributed by atoms with van der Waals surface area (Å²) in [5, 5.41) is 2.85. The fourth-order valence-electron chi connectivity index (χ4n) is 4.09. The van der Waals surface area contributed by atoms with Gasteiger partial charge < -0.3 is 19.9 Å². The van der Waals surface area contributed by atoms with Crippen molar-refractivity contribution in [1.29, 1.82) is 0 Å². The van der Waals surface area contributed by atoms with Crippen molar-refractivity contribution in [1.82, 2.24) is 10.2 Å². The summed E-state index contributed by atoms with van der Waals surface area (Å²) in [6.07, 6.45) is 0. The third kappa shape index (κ3) is 5.19. The molecule has 0 spiro atoms. The van der Waals surface area contributed by atoms with Gasteiger partial charge in [0, 0.05) is 11.1 Å². The molecule has 2 aromatic carbocycles. The Hall–Kier alpha value is -2.86. The lowest BCUT2D eigenvalue weighted by atomic mass is 9.96. The first-order valence-electron chi connectivity index (χ1n) is 10.6. The van der Waals surface area contributed by atoms with Crippen LogP contribution in [0.1, 0.15) is 31.0 Å². The Balaban J connectivity index is 1.68. The van der Waals surface area contributed by atoms with Gasteiger partial charge >= 0.3 is 12.0 Å². The second-order valence-corrected chi connectivity index (χ2v) is 8.09. The lowest BCUT2D eigenvalue weighted by molar-refractivity contribution is -0.929. The number of hydrogen-bond donors (Lipinski definition) is 2. The van der Waals surface area contributed by atoms with Crippen molar-refractivity contribution in [3.05, 3.63) is 71.8 Å². The monoisotopic (exact) mass is 410 g/mol. The third-order valence-corrected chi connectivity index (χ3v) is 5.77. The molecule has 2 aromatic rings. The standard InChI is InChI=1S/C24H31N3O3/c1-18(2)21(23(28)30-3)25-24(29)27-16-14-26(15-17-27)22(19-10-6-4-7-11-19)20-12-8-5-9-13-20/h4-13,18,21-22H,14-17H2,1-3H3,(H,25,29)/p+1/t21-/m0/s1. The number of benzene rings is 2. The van der Waals surface area contributed by atoms with E-state index in [2.05, 4.69) is 53.8 Å². The summed E-state index contributed by atoms with van der Waals surface area (Å²) < 4.78 is 4.83. The highest BCUT2D eigenvalue weighted by Crippen LogP contribution is 2.19. The van der Waals surface area contributed by atoms with E-state index in [1.807, 2.05) is 26.0 Å². The van der Waals surface area contributed by atoms with Crippen molar-refractivity contribution >= 4 is 12.0 Å². The molecule has 0 unspecified atom stereocenters. The normalized spacial score (nSPS) is 15.8. The molecule has 2 N–H and O–H groups in total. The van der Waals surface area contributed by atoms with Gasteiger partial charge in [-0.05, 0) is 5.92 Å².